The van der Waals surface area contributed by atoms with Crippen LogP contribution in [0.4, 0.5) is 11.4 Å². The number of carbonyl (C=O) groups excluding carboxylic acids is 3. The van der Waals surface area contributed by atoms with Gasteiger partial charge in [0, 0.05) is 24.7 Å². The van der Waals surface area contributed by atoms with Gasteiger partial charge in [-0.25, -0.2) is 0 Å². The Balaban J connectivity index is 1.44. The molecule has 1 aliphatic heterocycles. The summed E-state index contributed by atoms with van der Waals surface area (Å²) in [7, 11) is 0. The van der Waals surface area contributed by atoms with Crippen molar-refractivity contribution in [2.75, 3.05) is 17.2 Å². The Morgan fingerprint density at radius 3 is 2.53 bits per heavy atom. The summed E-state index contributed by atoms with van der Waals surface area (Å²) in [5.41, 5.74) is 2.60. The van der Waals surface area contributed by atoms with Gasteiger partial charge in [0.25, 0.3) is 5.91 Å². The summed E-state index contributed by atoms with van der Waals surface area (Å²) < 4.78 is 0. The van der Waals surface area contributed by atoms with Crippen molar-refractivity contribution >= 4 is 29.1 Å². The molecule has 1 saturated heterocycles. The van der Waals surface area contributed by atoms with E-state index in [0.717, 1.165) is 31.2 Å². The van der Waals surface area contributed by atoms with Crippen molar-refractivity contribution in [1.29, 1.82) is 0 Å². The molecule has 1 unspecified atom stereocenters. The third-order valence-electron chi connectivity index (χ3n) is 6.00. The standard InChI is InChI=1S/C24H27N3O3/c1-16-7-6-8-18(13-16)25-24(30)20-11-4-5-12-21(20)26-23(29)17-14-22(28)27(15-17)19-9-2-3-10-19/h4-8,11-13,17,19H,2-3,9-10,14-15H2,1H3,(H,25,30)(H,26,29). The first-order valence-corrected chi connectivity index (χ1v) is 10.6. The maximum absolute atomic E-state index is 12.9. The number of carbonyl (C=O) groups is 3. The van der Waals surface area contributed by atoms with Crippen molar-refractivity contribution < 1.29 is 14.4 Å². The van der Waals surface area contributed by atoms with E-state index in [4.69, 9.17) is 0 Å². The molecule has 1 saturated carbocycles. The molecular weight excluding hydrogens is 378 g/mol. The van der Waals surface area contributed by atoms with Gasteiger partial charge in [-0.1, -0.05) is 37.1 Å². The molecule has 6 heteroatoms. The van der Waals surface area contributed by atoms with Crippen LogP contribution in [0.1, 0.15) is 48.0 Å². The molecule has 4 rings (SSSR count). The first-order valence-electron chi connectivity index (χ1n) is 10.6. The van der Waals surface area contributed by atoms with Gasteiger partial charge >= 0.3 is 0 Å². The van der Waals surface area contributed by atoms with Gasteiger partial charge < -0.3 is 15.5 Å². The Morgan fingerprint density at radius 1 is 1.00 bits per heavy atom. The van der Waals surface area contributed by atoms with E-state index in [1.807, 2.05) is 36.1 Å². The Hall–Kier alpha value is -3.15. The fourth-order valence-electron chi connectivity index (χ4n) is 4.42. The number of hydrogen-bond donors (Lipinski definition) is 2. The van der Waals surface area contributed by atoms with Gasteiger partial charge in [-0.05, 0) is 49.6 Å². The van der Waals surface area contributed by atoms with Crippen molar-refractivity contribution in [3.8, 4) is 0 Å². The topological polar surface area (TPSA) is 78.5 Å². The largest absolute Gasteiger partial charge is 0.339 e. The average molecular weight is 405 g/mol. The summed E-state index contributed by atoms with van der Waals surface area (Å²) in [4.78, 5) is 40.0. The molecule has 0 spiro atoms. The Morgan fingerprint density at radius 2 is 1.77 bits per heavy atom. The molecule has 3 amide bonds. The smallest absolute Gasteiger partial charge is 0.257 e. The van der Waals surface area contributed by atoms with Crippen LogP contribution >= 0.6 is 0 Å². The number of nitrogens with one attached hydrogen (secondary N) is 2. The number of aryl methyl sites for hydroxylation is 1. The van der Waals surface area contributed by atoms with E-state index in [1.54, 1.807) is 24.3 Å². The Labute approximate surface area is 176 Å². The maximum atomic E-state index is 12.9. The molecule has 0 bridgehead atoms. The molecule has 2 N–H and O–H groups in total. The quantitative estimate of drug-likeness (QED) is 0.790. The molecule has 2 aromatic carbocycles. The van der Waals surface area contributed by atoms with Crippen LogP contribution in [0, 0.1) is 12.8 Å². The predicted octanol–water partition coefficient (Wildman–Crippen LogP) is 3.98. The molecule has 1 atom stereocenters. The Kier molecular flexibility index (Phi) is 5.84. The van der Waals surface area contributed by atoms with Gasteiger partial charge in [0.15, 0.2) is 0 Å². The zero-order valence-corrected chi connectivity index (χ0v) is 17.2. The maximum Gasteiger partial charge on any atom is 0.257 e. The molecule has 2 aromatic rings. The zero-order valence-electron chi connectivity index (χ0n) is 17.2. The second kappa shape index (κ2) is 8.69. The first-order chi connectivity index (χ1) is 14.5. The molecule has 6 nitrogen and oxygen atoms in total. The van der Waals surface area contributed by atoms with Crippen molar-refractivity contribution in [3.63, 3.8) is 0 Å². The lowest BCUT2D eigenvalue weighted by Gasteiger charge is -2.24. The number of para-hydroxylation sites is 1. The fourth-order valence-corrected chi connectivity index (χ4v) is 4.42. The minimum Gasteiger partial charge on any atom is -0.339 e. The zero-order chi connectivity index (χ0) is 21.1. The summed E-state index contributed by atoms with van der Waals surface area (Å²) in [6.45, 7) is 2.43. The number of likely N-dealkylation sites (tertiary alicyclic amines) is 1. The Bertz CT molecular complexity index is 966. The van der Waals surface area contributed by atoms with Crippen LogP contribution in [-0.2, 0) is 9.59 Å². The molecular formula is C24H27N3O3. The number of hydrogen-bond acceptors (Lipinski definition) is 3. The lowest BCUT2D eigenvalue weighted by Crippen LogP contribution is -2.35. The van der Waals surface area contributed by atoms with Gasteiger partial charge in [0.1, 0.15) is 0 Å². The van der Waals surface area contributed by atoms with Crippen LogP contribution in [0.5, 0.6) is 0 Å². The van der Waals surface area contributed by atoms with Crippen molar-refractivity contribution in [3.05, 3.63) is 59.7 Å². The SMILES string of the molecule is Cc1cccc(NC(=O)c2ccccc2NC(=O)C2CC(=O)N(C3CCCC3)C2)c1. The van der Waals surface area contributed by atoms with Crippen LogP contribution in [0.25, 0.3) is 0 Å². The molecule has 2 fully saturated rings. The summed E-state index contributed by atoms with van der Waals surface area (Å²) >= 11 is 0. The number of benzene rings is 2. The summed E-state index contributed by atoms with van der Waals surface area (Å²) in [6, 6.07) is 14.8. The van der Waals surface area contributed by atoms with E-state index in [-0.39, 0.29) is 36.1 Å². The van der Waals surface area contributed by atoms with E-state index in [1.165, 1.54) is 0 Å². The second-order valence-electron chi connectivity index (χ2n) is 8.24. The van der Waals surface area contributed by atoms with Crippen LogP contribution in [0.15, 0.2) is 48.5 Å². The van der Waals surface area contributed by atoms with Crippen molar-refractivity contribution in [2.24, 2.45) is 5.92 Å². The van der Waals surface area contributed by atoms with E-state index >= 15 is 0 Å². The van der Waals surface area contributed by atoms with Gasteiger partial charge in [0.2, 0.25) is 11.8 Å². The highest BCUT2D eigenvalue weighted by Gasteiger charge is 2.38. The summed E-state index contributed by atoms with van der Waals surface area (Å²) in [6.07, 6.45) is 4.59. The summed E-state index contributed by atoms with van der Waals surface area (Å²) in [5.74, 6) is -0.815. The number of anilines is 2. The van der Waals surface area contributed by atoms with E-state index < -0.39 is 0 Å². The molecule has 156 valence electrons. The molecule has 1 aliphatic carbocycles. The first kappa shape index (κ1) is 20.1. The van der Waals surface area contributed by atoms with Crippen LogP contribution in [-0.4, -0.2) is 35.2 Å². The monoisotopic (exact) mass is 405 g/mol. The van der Waals surface area contributed by atoms with Gasteiger partial charge in [-0.3, -0.25) is 14.4 Å². The third-order valence-corrected chi connectivity index (χ3v) is 6.00. The molecule has 30 heavy (non-hydrogen) atoms. The van der Waals surface area contributed by atoms with E-state index in [2.05, 4.69) is 10.6 Å². The third kappa shape index (κ3) is 4.37. The minimum atomic E-state index is -0.383. The molecule has 2 aliphatic rings. The van der Waals surface area contributed by atoms with Crippen molar-refractivity contribution in [1.82, 2.24) is 4.90 Å². The molecule has 0 aromatic heterocycles. The molecule has 0 radical (unpaired) electrons. The highest BCUT2D eigenvalue weighted by molar-refractivity contribution is 6.10. The van der Waals surface area contributed by atoms with Crippen LogP contribution in [0.3, 0.4) is 0 Å². The lowest BCUT2D eigenvalue weighted by atomic mass is 10.1. The molecule has 1 heterocycles. The van der Waals surface area contributed by atoms with Crippen LogP contribution < -0.4 is 10.6 Å². The average Bonchev–Trinajstić information content (AvgIpc) is 3.38. The number of amides is 3. The van der Waals surface area contributed by atoms with Crippen molar-refractivity contribution in [2.45, 2.75) is 45.1 Å². The normalized spacial score (nSPS) is 19.2. The van der Waals surface area contributed by atoms with E-state index in [9.17, 15) is 14.4 Å². The second-order valence-corrected chi connectivity index (χ2v) is 8.24. The lowest BCUT2D eigenvalue weighted by molar-refractivity contribution is -0.129. The van der Waals surface area contributed by atoms with Gasteiger partial charge in [0.05, 0.1) is 17.2 Å². The highest BCUT2D eigenvalue weighted by Crippen LogP contribution is 2.30. The van der Waals surface area contributed by atoms with E-state index in [0.29, 0.717) is 23.5 Å². The highest BCUT2D eigenvalue weighted by atomic mass is 16.2. The van der Waals surface area contributed by atoms with Gasteiger partial charge in [-0.15, -0.1) is 0 Å². The summed E-state index contributed by atoms with van der Waals surface area (Å²) in [5, 5.41) is 5.76. The number of nitrogens with zero attached hydrogens (tertiary/aromatic N) is 1. The predicted molar refractivity (Wildman–Crippen MR) is 116 cm³/mol. The fraction of sp³-hybridized carbons (Fsp3) is 0.375. The minimum absolute atomic E-state index is 0.0625. The number of rotatable bonds is 5. The van der Waals surface area contributed by atoms with Crippen LogP contribution in [0.2, 0.25) is 0 Å². The van der Waals surface area contributed by atoms with Gasteiger partial charge in [-0.2, -0.15) is 0 Å².